The van der Waals surface area contributed by atoms with Gasteiger partial charge in [-0.25, -0.2) is 0 Å². The quantitative estimate of drug-likeness (QED) is 0.634. The molecule has 72 valence electrons. The number of para-hydroxylation sites is 1. The highest BCUT2D eigenvalue weighted by molar-refractivity contribution is 6.11. The number of methoxy groups -OCH3 is 1. The number of carbonyl (C=O) groups excluding carboxylic acids is 1. The number of ketones is 1. The Morgan fingerprint density at radius 1 is 1.50 bits per heavy atom. The summed E-state index contributed by atoms with van der Waals surface area (Å²) in [5.41, 5.74) is 1.01. The summed E-state index contributed by atoms with van der Waals surface area (Å²) in [7, 11) is 1.55. The third-order valence-corrected chi connectivity index (χ3v) is 2.16. The molecule has 0 aromatic heterocycles. The van der Waals surface area contributed by atoms with Crippen LogP contribution in [0.4, 0.5) is 0 Å². The zero-order valence-electron chi connectivity index (χ0n) is 7.87. The molecule has 0 atom stereocenters. The maximum absolute atomic E-state index is 11.6. The molecule has 0 saturated heterocycles. The molecular weight excluding hydrogens is 180 g/mol. The van der Waals surface area contributed by atoms with Crippen molar-refractivity contribution in [1.82, 2.24) is 0 Å². The molecule has 0 amide bonds. The summed E-state index contributed by atoms with van der Waals surface area (Å²) in [5.74, 6) is 1.04. The van der Waals surface area contributed by atoms with Gasteiger partial charge in [0.05, 0.1) is 12.7 Å². The van der Waals surface area contributed by atoms with E-state index in [1.165, 1.54) is 0 Å². The van der Waals surface area contributed by atoms with Gasteiger partial charge in [-0.05, 0) is 12.1 Å². The maximum atomic E-state index is 11.6. The monoisotopic (exact) mass is 190 g/mol. The fourth-order valence-electron chi connectivity index (χ4n) is 1.42. The first kappa shape index (κ1) is 8.81. The number of fused-ring (bicyclic) bond motifs is 1. The molecule has 0 saturated carbocycles. The molecule has 0 unspecified atom stereocenters. The van der Waals surface area contributed by atoms with Crippen LogP contribution in [0.15, 0.2) is 30.4 Å². The molecule has 2 rings (SSSR count). The molecular formula is C11H10O3. The van der Waals surface area contributed by atoms with Crippen molar-refractivity contribution in [3.63, 3.8) is 0 Å². The normalized spacial score (nSPS) is 14.6. The van der Waals surface area contributed by atoms with Crippen LogP contribution in [0.1, 0.15) is 10.4 Å². The number of carbonyl (C=O) groups is 1. The minimum absolute atomic E-state index is 0.0647. The van der Waals surface area contributed by atoms with Crippen molar-refractivity contribution in [3.05, 3.63) is 35.9 Å². The van der Waals surface area contributed by atoms with E-state index in [0.717, 1.165) is 0 Å². The fourth-order valence-corrected chi connectivity index (χ4v) is 1.42. The average Bonchev–Trinajstić information content (AvgIpc) is 2.23. The molecule has 1 aromatic rings. The number of hydrogen-bond donors (Lipinski definition) is 0. The van der Waals surface area contributed by atoms with Gasteiger partial charge in [-0.3, -0.25) is 4.79 Å². The Hall–Kier alpha value is -1.77. The highest BCUT2D eigenvalue weighted by atomic mass is 16.5. The number of benzene rings is 1. The van der Waals surface area contributed by atoms with E-state index in [-0.39, 0.29) is 12.4 Å². The lowest BCUT2D eigenvalue weighted by atomic mass is 10.0. The van der Waals surface area contributed by atoms with Gasteiger partial charge in [0.15, 0.2) is 17.3 Å². The molecule has 0 radical (unpaired) electrons. The molecule has 0 spiro atoms. The third kappa shape index (κ3) is 1.18. The summed E-state index contributed by atoms with van der Waals surface area (Å²) < 4.78 is 10.5. The summed E-state index contributed by atoms with van der Waals surface area (Å²) >= 11 is 0. The molecule has 1 aliphatic rings. The van der Waals surface area contributed by atoms with Crippen LogP contribution in [-0.2, 0) is 0 Å². The summed E-state index contributed by atoms with van der Waals surface area (Å²) in [6, 6.07) is 5.24. The smallest absolute Gasteiger partial charge is 0.195 e. The molecule has 0 N–H and O–H groups in total. The molecule has 1 aromatic carbocycles. The highest BCUT2D eigenvalue weighted by Gasteiger charge is 2.24. The molecule has 1 aliphatic heterocycles. The van der Waals surface area contributed by atoms with E-state index in [0.29, 0.717) is 22.6 Å². The van der Waals surface area contributed by atoms with Crippen LogP contribution >= 0.6 is 0 Å². The van der Waals surface area contributed by atoms with Crippen LogP contribution in [0.5, 0.6) is 11.5 Å². The minimum Gasteiger partial charge on any atom is -0.493 e. The van der Waals surface area contributed by atoms with E-state index in [9.17, 15) is 4.79 Å². The summed E-state index contributed by atoms with van der Waals surface area (Å²) in [6.45, 7) is 3.88. The van der Waals surface area contributed by atoms with Crippen molar-refractivity contribution in [3.8, 4) is 11.5 Å². The lowest BCUT2D eigenvalue weighted by Gasteiger charge is -2.19. The number of Topliss-reactive ketones (excluding diaryl/α,β-unsaturated/α-hetero) is 1. The second kappa shape index (κ2) is 3.18. The van der Waals surface area contributed by atoms with E-state index in [1.54, 1.807) is 25.3 Å². The van der Waals surface area contributed by atoms with Gasteiger partial charge in [-0.1, -0.05) is 12.6 Å². The molecule has 1 heterocycles. The topological polar surface area (TPSA) is 35.5 Å². The Morgan fingerprint density at radius 3 is 3.00 bits per heavy atom. The van der Waals surface area contributed by atoms with Crippen LogP contribution in [0.3, 0.4) is 0 Å². The zero-order valence-corrected chi connectivity index (χ0v) is 7.87. The second-order valence-corrected chi connectivity index (χ2v) is 3.06. The molecule has 3 nitrogen and oxygen atoms in total. The largest absolute Gasteiger partial charge is 0.493 e. The van der Waals surface area contributed by atoms with E-state index in [2.05, 4.69) is 6.58 Å². The third-order valence-electron chi connectivity index (χ3n) is 2.16. The van der Waals surface area contributed by atoms with Gasteiger partial charge in [0, 0.05) is 5.57 Å². The van der Waals surface area contributed by atoms with Crippen molar-refractivity contribution >= 4 is 5.78 Å². The number of ether oxygens (including phenoxy) is 2. The van der Waals surface area contributed by atoms with Gasteiger partial charge in [0.1, 0.15) is 6.61 Å². The first-order valence-corrected chi connectivity index (χ1v) is 4.26. The van der Waals surface area contributed by atoms with Gasteiger partial charge >= 0.3 is 0 Å². The standard InChI is InChI=1S/C11H10O3/c1-7-6-14-11-8(10(7)12)4-3-5-9(11)13-2/h3-5H,1,6H2,2H3. The van der Waals surface area contributed by atoms with Gasteiger partial charge in [-0.2, -0.15) is 0 Å². The van der Waals surface area contributed by atoms with E-state index >= 15 is 0 Å². The second-order valence-electron chi connectivity index (χ2n) is 3.06. The fraction of sp³-hybridized carbons (Fsp3) is 0.182. The van der Waals surface area contributed by atoms with Crippen LogP contribution in [0, 0.1) is 0 Å². The Kier molecular flexibility index (Phi) is 2.00. The number of rotatable bonds is 1. The van der Waals surface area contributed by atoms with Crippen LogP contribution in [0.25, 0.3) is 0 Å². The van der Waals surface area contributed by atoms with Crippen molar-refractivity contribution in [2.24, 2.45) is 0 Å². The summed E-state index contributed by atoms with van der Waals surface area (Å²) in [4.78, 5) is 11.6. The Labute approximate surface area is 81.9 Å². The maximum Gasteiger partial charge on any atom is 0.195 e. The van der Waals surface area contributed by atoms with Crippen molar-refractivity contribution < 1.29 is 14.3 Å². The van der Waals surface area contributed by atoms with Gasteiger partial charge < -0.3 is 9.47 Å². The Balaban J connectivity index is 2.57. The number of hydrogen-bond acceptors (Lipinski definition) is 3. The van der Waals surface area contributed by atoms with Crippen molar-refractivity contribution in [2.75, 3.05) is 13.7 Å². The van der Waals surface area contributed by atoms with Gasteiger partial charge in [-0.15, -0.1) is 0 Å². The van der Waals surface area contributed by atoms with Crippen LogP contribution in [-0.4, -0.2) is 19.5 Å². The van der Waals surface area contributed by atoms with E-state index in [1.807, 2.05) is 0 Å². The molecule has 0 bridgehead atoms. The average molecular weight is 190 g/mol. The molecule has 0 aliphatic carbocycles. The SMILES string of the molecule is C=C1COc2c(OC)cccc2C1=O. The predicted octanol–water partition coefficient (Wildman–Crippen LogP) is 1.83. The van der Waals surface area contributed by atoms with Crippen LogP contribution in [0.2, 0.25) is 0 Å². The minimum atomic E-state index is -0.0647. The first-order chi connectivity index (χ1) is 6.74. The lowest BCUT2D eigenvalue weighted by molar-refractivity contribution is 0.0998. The molecule has 0 fully saturated rings. The lowest BCUT2D eigenvalue weighted by Crippen LogP contribution is -2.18. The Bertz CT molecular complexity index is 407. The van der Waals surface area contributed by atoms with Gasteiger partial charge in [0.25, 0.3) is 0 Å². The van der Waals surface area contributed by atoms with Crippen molar-refractivity contribution in [2.45, 2.75) is 0 Å². The van der Waals surface area contributed by atoms with E-state index < -0.39 is 0 Å². The predicted molar refractivity (Wildman–Crippen MR) is 52.0 cm³/mol. The van der Waals surface area contributed by atoms with Gasteiger partial charge in [0.2, 0.25) is 0 Å². The molecule has 14 heavy (non-hydrogen) atoms. The van der Waals surface area contributed by atoms with E-state index in [4.69, 9.17) is 9.47 Å². The molecule has 3 heteroatoms. The highest BCUT2D eigenvalue weighted by Crippen LogP contribution is 2.35. The summed E-state index contributed by atoms with van der Waals surface area (Å²) in [5, 5.41) is 0. The van der Waals surface area contributed by atoms with Crippen LogP contribution < -0.4 is 9.47 Å². The Morgan fingerprint density at radius 2 is 2.29 bits per heavy atom. The summed E-state index contributed by atoms with van der Waals surface area (Å²) in [6.07, 6.45) is 0. The first-order valence-electron chi connectivity index (χ1n) is 4.26. The zero-order chi connectivity index (χ0) is 10.1. The van der Waals surface area contributed by atoms with Crippen molar-refractivity contribution in [1.29, 1.82) is 0 Å².